The van der Waals surface area contributed by atoms with E-state index in [0.29, 0.717) is 25.9 Å². The van der Waals surface area contributed by atoms with E-state index in [1.54, 1.807) is 17.0 Å². The SMILES string of the molecule is CCc1ccc(S(=O)(=O)N(CC(=O)N2CCNCC2)C2CCN(Cc3ccccc3)CC2)cc1.O=C(O)C(F)(F)F. The molecule has 226 valence electrons. The second kappa shape index (κ2) is 14.8. The van der Waals surface area contributed by atoms with Gasteiger partial charge in [-0.25, -0.2) is 13.2 Å². The molecule has 1 amide bonds. The topological polar surface area (TPSA) is 110 Å². The van der Waals surface area contributed by atoms with Gasteiger partial charge in [0.25, 0.3) is 0 Å². The van der Waals surface area contributed by atoms with Crippen LogP contribution in [-0.4, -0.2) is 97.5 Å². The van der Waals surface area contributed by atoms with Crippen LogP contribution in [0.5, 0.6) is 0 Å². The van der Waals surface area contributed by atoms with Gasteiger partial charge in [0.05, 0.1) is 11.4 Å². The molecule has 9 nitrogen and oxygen atoms in total. The molecule has 4 rings (SSSR count). The molecule has 0 aromatic heterocycles. The number of alkyl halides is 3. The summed E-state index contributed by atoms with van der Waals surface area (Å²) in [4.78, 5) is 26.4. The van der Waals surface area contributed by atoms with Crippen LogP contribution in [0.4, 0.5) is 13.2 Å². The van der Waals surface area contributed by atoms with Gasteiger partial charge < -0.3 is 15.3 Å². The number of piperidine rings is 1. The minimum Gasteiger partial charge on any atom is -0.475 e. The summed E-state index contributed by atoms with van der Waals surface area (Å²) in [6.45, 7) is 7.15. The molecule has 0 atom stereocenters. The molecule has 2 aliphatic rings. The van der Waals surface area contributed by atoms with Crippen molar-refractivity contribution in [2.24, 2.45) is 0 Å². The molecule has 0 bridgehead atoms. The number of piperazine rings is 1. The van der Waals surface area contributed by atoms with E-state index in [1.807, 2.05) is 37.3 Å². The van der Waals surface area contributed by atoms with Crippen LogP contribution < -0.4 is 5.32 Å². The number of halogens is 3. The van der Waals surface area contributed by atoms with Crippen LogP contribution in [-0.2, 0) is 32.6 Å². The minimum atomic E-state index is -5.08. The Hall–Kier alpha value is -3.00. The number of hydrogen-bond acceptors (Lipinski definition) is 6. The van der Waals surface area contributed by atoms with Crippen molar-refractivity contribution in [3.8, 4) is 0 Å². The fourth-order valence-electron chi connectivity index (χ4n) is 4.80. The molecule has 0 aliphatic carbocycles. The summed E-state index contributed by atoms with van der Waals surface area (Å²) < 4.78 is 60.7. The third-order valence-electron chi connectivity index (χ3n) is 7.15. The van der Waals surface area contributed by atoms with E-state index >= 15 is 0 Å². The number of benzene rings is 2. The van der Waals surface area contributed by atoms with Gasteiger partial charge in [-0.3, -0.25) is 9.69 Å². The number of carbonyl (C=O) groups excluding carboxylic acids is 1. The normalized spacial score (nSPS) is 17.1. The van der Waals surface area contributed by atoms with E-state index in [-0.39, 0.29) is 23.4 Å². The van der Waals surface area contributed by atoms with Gasteiger partial charge in [-0.15, -0.1) is 0 Å². The van der Waals surface area contributed by atoms with Crippen LogP contribution in [0.1, 0.15) is 30.9 Å². The summed E-state index contributed by atoms with van der Waals surface area (Å²) in [7, 11) is -3.78. The van der Waals surface area contributed by atoms with Crippen molar-refractivity contribution in [1.82, 2.24) is 19.4 Å². The Balaban J connectivity index is 0.000000587. The Labute approximate surface area is 239 Å². The zero-order valence-corrected chi connectivity index (χ0v) is 23.8. The number of nitrogens with one attached hydrogen (secondary N) is 1. The maximum absolute atomic E-state index is 13.8. The first-order valence-corrected chi connectivity index (χ1v) is 15.0. The monoisotopic (exact) mass is 598 g/mol. The second-order valence-corrected chi connectivity index (χ2v) is 11.9. The summed E-state index contributed by atoms with van der Waals surface area (Å²) in [5.41, 5.74) is 2.35. The number of aryl methyl sites for hydroxylation is 1. The van der Waals surface area contributed by atoms with Crippen LogP contribution in [0.3, 0.4) is 0 Å². The van der Waals surface area contributed by atoms with E-state index in [9.17, 15) is 26.4 Å². The molecule has 2 fully saturated rings. The van der Waals surface area contributed by atoms with E-state index in [2.05, 4.69) is 22.3 Å². The predicted octanol–water partition coefficient (Wildman–Crippen LogP) is 2.97. The number of aliphatic carboxylic acids is 1. The van der Waals surface area contributed by atoms with Gasteiger partial charge in [0.1, 0.15) is 0 Å². The second-order valence-electron chi connectivity index (χ2n) is 9.97. The summed E-state index contributed by atoms with van der Waals surface area (Å²) >= 11 is 0. The Bertz CT molecular complexity index is 1230. The number of amides is 1. The zero-order chi connectivity index (χ0) is 30.0. The summed E-state index contributed by atoms with van der Waals surface area (Å²) in [6, 6.07) is 17.3. The molecule has 2 heterocycles. The van der Waals surface area contributed by atoms with Crippen LogP contribution in [0.15, 0.2) is 59.5 Å². The molecule has 0 radical (unpaired) electrons. The number of carbonyl (C=O) groups is 2. The van der Waals surface area contributed by atoms with Crippen molar-refractivity contribution in [3.05, 3.63) is 65.7 Å². The Morgan fingerprint density at radius 3 is 2.02 bits per heavy atom. The number of carboxylic acids is 1. The number of sulfonamides is 1. The van der Waals surface area contributed by atoms with Crippen LogP contribution in [0, 0.1) is 0 Å². The molecule has 2 aromatic carbocycles. The third kappa shape index (κ3) is 9.52. The molecule has 0 spiro atoms. The van der Waals surface area contributed by atoms with Crippen LogP contribution >= 0.6 is 0 Å². The van der Waals surface area contributed by atoms with Gasteiger partial charge in [-0.1, -0.05) is 49.4 Å². The van der Waals surface area contributed by atoms with Gasteiger partial charge >= 0.3 is 12.1 Å². The molecule has 13 heteroatoms. The van der Waals surface area contributed by atoms with Gasteiger partial charge in [0.2, 0.25) is 15.9 Å². The fourth-order valence-corrected chi connectivity index (χ4v) is 6.43. The molecule has 2 aromatic rings. The molecule has 2 aliphatic heterocycles. The zero-order valence-electron chi connectivity index (χ0n) is 23.0. The summed E-state index contributed by atoms with van der Waals surface area (Å²) in [6.07, 6.45) is -2.80. The lowest BCUT2D eigenvalue weighted by Crippen LogP contribution is -2.53. The number of nitrogens with zero attached hydrogens (tertiary/aromatic N) is 3. The van der Waals surface area contributed by atoms with Gasteiger partial charge in [-0.2, -0.15) is 17.5 Å². The van der Waals surface area contributed by atoms with Crippen molar-refractivity contribution in [2.45, 2.75) is 49.8 Å². The highest BCUT2D eigenvalue weighted by atomic mass is 32.2. The molecule has 2 saturated heterocycles. The highest BCUT2D eigenvalue weighted by Crippen LogP contribution is 2.26. The van der Waals surface area contributed by atoms with Crippen molar-refractivity contribution < 1.29 is 36.3 Å². The largest absolute Gasteiger partial charge is 0.490 e. The molecular formula is C28H37F3N4O5S. The van der Waals surface area contributed by atoms with E-state index in [0.717, 1.165) is 44.7 Å². The molecular weight excluding hydrogens is 561 g/mol. The lowest BCUT2D eigenvalue weighted by molar-refractivity contribution is -0.192. The molecule has 41 heavy (non-hydrogen) atoms. The highest BCUT2D eigenvalue weighted by molar-refractivity contribution is 7.89. The quantitative estimate of drug-likeness (QED) is 0.481. The lowest BCUT2D eigenvalue weighted by Gasteiger charge is -2.38. The van der Waals surface area contributed by atoms with E-state index < -0.39 is 22.2 Å². The standard InChI is InChI=1S/C26H36N4O3S.C2HF3O2/c1-2-22-8-10-25(11-9-22)34(32,33)30(21-26(31)29-18-14-27-15-19-29)24-12-16-28(17-13-24)20-23-6-4-3-5-7-23;3-2(4,5)1(6)7/h3-11,24,27H,2,12-21H2,1H3;(H,6,7). The summed E-state index contributed by atoms with van der Waals surface area (Å²) in [5, 5.41) is 10.4. The summed E-state index contributed by atoms with van der Waals surface area (Å²) in [5.74, 6) is -2.87. The molecule has 0 unspecified atom stereocenters. The van der Waals surface area contributed by atoms with Gasteiger partial charge in [0.15, 0.2) is 0 Å². The smallest absolute Gasteiger partial charge is 0.475 e. The average molecular weight is 599 g/mol. The van der Waals surface area contributed by atoms with Crippen molar-refractivity contribution in [2.75, 3.05) is 45.8 Å². The first kappa shape index (κ1) is 32.5. The Kier molecular flexibility index (Phi) is 11.7. The predicted molar refractivity (Wildman–Crippen MR) is 148 cm³/mol. The number of carboxylic acid groups (broad SMARTS) is 1. The Morgan fingerprint density at radius 2 is 1.51 bits per heavy atom. The first-order valence-electron chi connectivity index (χ1n) is 13.6. The third-order valence-corrected chi connectivity index (χ3v) is 9.07. The first-order chi connectivity index (χ1) is 19.4. The van der Waals surface area contributed by atoms with Crippen LogP contribution in [0.2, 0.25) is 0 Å². The minimum absolute atomic E-state index is 0.0960. The van der Waals surface area contributed by atoms with Gasteiger partial charge in [-0.05, 0) is 42.5 Å². The van der Waals surface area contributed by atoms with Crippen molar-refractivity contribution in [1.29, 1.82) is 0 Å². The fraction of sp³-hybridized carbons (Fsp3) is 0.500. The Morgan fingerprint density at radius 1 is 0.951 bits per heavy atom. The van der Waals surface area contributed by atoms with E-state index in [1.165, 1.54) is 9.87 Å². The van der Waals surface area contributed by atoms with Crippen molar-refractivity contribution >= 4 is 21.9 Å². The highest BCUT2D eigenvalue weighted by Gasteiger charge is 2.38. The lowest BCUT2D eigenvalue weighted by atomic mass is 10.0. The average Bonchev–Trinajstić information content (AvgIpc) is 2.97. The maximum Gasteiger partial charge on any atom is 0.490 e. The number of hydrogen-bond donors (Lipinski definition) is 2. The molecule has 2 N–H and O–H groups in total. The van der Waals surface area contributed by atoms with Crippen molar-refractivity contribution in [3.63, 3.8) is 0 Å². The number of likely N-dealkylation sites (tertiary alicyclic amines) is 1. The molecule has 0 saturated carbocycles. The van der Waals surface area contributed by atoms with E-state index in [4.69, 9.17) is 9.90 Å². The number of rotatable bonds is 8. The van der Waals surface area contributed by atoms with Gasteiger partial charge in [0, 0.05) is 51.9 Å². The van der Waals surface area contributed by atoms with Crippen LogP contribution in [0.25, 0.3) is 0 Å². The maximum atomic E-state index is 13.8.